The molecule has 0 unspecified atom stereocenters. The van der Waals surface area contributed by atoms with Crippen molar-refractivity contribution in [3.05, 3.63) is 114 Å². The second-order valence-corrected chi connectivity index (χ2v) is 9.33. The van der Waals surface area contributed by atoms with Crippen LogP contribution in [0, 0.1) is 0 Å². The van der Waals surface area contributed by atoms with Crippen molar-refractivity contribution in [1.29, 1.82) is 0 Å². The maximum atomic E-state index is 13.4. The average Bonchev–Trinajstić information content (AvgIpc) is 2.88. The Labute approximate surface area is 198 Å². The Kier molecular flexibility index (Phi) is 6.80. The van der Waals surface area contributed by atoms with Gasteiger partial charge >= 0.3 is 0 Å². The predicted molar refractivity (Wildman–Crippen MR) is 137 cm³/mol. The van der Waals surface area contributed by atoms with Crippen molar-refractivity contribution in [2.24, 2.45) is 0 Å². The highest BCUT2D eigenvalue weighted by molar-refractivity contribution is 5.92. The van der Waals surface area contributed by atoms with Crippen molar-refractivity contribution < 1.29 is 4.79 Å². The van der Waals surface area contributed by atoms with Crippen LogP contribution in [0.2, 0.25) is 0 Å². The van der Waals surface area contributed by atoms with Crippen LogP contribution >= 0.6 is 0 Å². The Bertz CT molecular complexity index is 1070. The van der Waals surface area contributed by atoms with Crippen LogP contribution < -0.4 is 0 Å². The third kappa shape index (κ3) is 4.51. The summed E-state index contributed by atoms with van der Waals surface area (Å²) in [6.07, 6.45) is 7.41. The molecule has 0 spiro atoms. The van der Waals surface area contributed by atoms with Gasteiger partial charge in [0.15, 0.2) is 0 Å². The second-order valence-electron chi connectivity index (χ2n) is 9.33. The highest BCUT2D eigenvalue weighted by Crippen LogP contribution is 2.50. The van der Waals surface area contributed by atoms with Crippen LogP contribution in [0.5, 0.6) is 0 Å². The molecule has 3 nitrogen and oxygen atoms in total. The molecule has 0 aromatic heterocycles. The van der Waals surface area contributed by atoms with Gasteiger partial charge in [0.05, 0.1) is 5.54 Å². The van der Waals surface area contributed by atoms with Crippen LogP contribution in [0.15, 0.2) is 97.1 Å². The van der Waals surface area contributed by atoms with Gasteiger partial charge in [0.25, 0.3) is 0 Å². The van der Waals surface area contributed by atoms with Crippen molar-refractivity contribution in [1.82, 2.24) is 9.80 Å². The van der Waals surface area contributed by atoms with E-state index < -0.39 is 0 Å². The van der Waals surface area contributed by atoms with E-state index in [-0.39, 0.29) is 17.0 Å². The van der Waals surface area contributed by atoms with Crippen molar-refractivity contribution >= 4 is 12.0 Å². The Balaban J connectivity index is 1.66. The van der Waals surface area contributed by atoms with E-state index in [4.69, 9.17) is 0 Å². The molecule has 0 N–H and O–H groups in total. The molecule has 1 aliphatic carbocycles. The largest absolute Gasteiger partial charge is 0.332 e. The van der Waals surface area contributed by atoms with Crippen LogP contribution in [-0.2, 0) is 15.9 Å². The van der Waals surface area contributed by atoms with Gasteiger partial charge in [-0.15, -0.1) is 0 Å². The molecular weight excluding hydrogens is 404 g/mol. The number of carbonyl (C=O) groups excluding carboxylic acids is 1. The molecule has 0 bridgehead atoms. The molecule has 0 heterocycles. The first-order valence-corrected chi connectivity index (χ1v) is 11.8. The topological polar surface area (TPSA) is 23.6 Å². The summed E-state index contributed by atoms with van der Waals surface area (Å²) in [7, 11) is 6.33. The fourth-order valence-corrected chi connectivity index (χ4v) is 5.44. The number of carbonyl (C=O) groups is 1. The van der Waals surface area contributed by atoms with E-state index in [9.17, 15) is 4.79 Å². The number of benzene rings is 3. The first kappa shape index (κ1) is 23.0. The molecule has 0 radical (unpaired) electrons. The maximum Gasteiger partial charge on any atom is 0.247 e. The zero-order valence-corrected chi connectivity index (χ0v) is 19.9. The summed E-state index contributed by atoms with van der Waals surface area (Å²) in [6, 6.07) is 31.4. The van der Waals surface area contributed by atoms with Crippen molar-refractivity contribution in [3.63, 3.8) is 0 Å². The van der Waals surface area contributed by atoms with Gasteiger partial charge in [-0.1, -0.05) is 91.0 Å². The molecule has 0 atom stereocenters. The molecule has 4 rings (SSSR count). The standard InChI is InChI=1S/C30H34N2O/c1-31(2)29(26-15-9-5-10-16-26)21-23-30(24-22-29,27-17-11-6-12-18-27)32(3)28(33)20-19-25-13-7-4-8-14-25/h4-20H,21-24H2,1-3H3. The molecule has 0 saturated heterocycles. The summed E-state index contributed by atoms with van der Waals surface area (Å²) in [5.41, 5.74) is 3.26. The third-order valence-electron chi connectivity index (χ3n) is 7.57. The van der Waals surface area contributed by atoms with Gasteiger partial charge in [-0.05, 0) is 62.5 Å². The average molecular weight is 439 g/mol. The molecule has 3 heteroatoms. The van der Waals surface area contributed by atoms with E-state index in [1.54, 1.807) is 6.08 Å². The monoisotopic (exact) mass is 438 g/mol. The lowest BCUT2D eigenvalue weighted by Gasteiger charge is -2.53. The van der Waals surface area contributed by atoms with Crippen molar-refractivity contribution in [2.45, 2.75) is 36.8 Å². The van der Waals surface area contributed by atoms with Crippen LogP contribution in [0.4, 0.5) is 0 Å². The lowest BCUT2D eigenvalue weighted by atomic mass is 9.66. The van der Waals surface area contributed by atoms with Gasteiger partial charge < -0.3 is 4.90 Å². The molecule has 1 fully saturated rings. The van der Waals surface area contributed by atoms with Crippen LogP contribution in [0.1, 0.15) is 42.4 Å². The molecule has 1 aliphatic rings. The Morgan fingerprint density at radius 2 is 1.09 bits per heavy atom. The molecule has 1 saturated carbocycles. The minimum absolute atomic E-state index is 0.0245. The fourth-order valence-electron chi connectivity index (χ4n) is 5.44. The Morgan fingerprint density at radius 1 is 0.667 bits per heavy atom. The smallest absolute Gasteiger partial charge is 0.247 e. The van der Waals surface area contributed by atoms with Crippen molar-refractivity contribution in [2.75, 3.05) is 21.1 Å². The lowest BCUT2D eigenvalue weighted by Crippen LogP contribution is -2.54. The van der Waals surface area contributed by atoms with E-state index in [0.717, 1.165) is 31.2 Å². The van der Waals surface area contributed by atoms with E-state index in [1.807, 2.05) is 54.4 Å². The summed E-state index contributed by atoms with van der Waals surface area (Å²) < 4.78 is 0. The van der Waals surface area contributed by atoms with Gasteiger partial charge in [0, 0.05) is 18.7 Å². The minimum Gasteiger partial charge on any atom is -0.332 e. The molecule has 3 aromatic carbocycles. The van der Waals surface area contributed by atoms with Gasteiger partial charge in [0.2, 0.25) is 5.91 Å². The number of nitrogens with zero attached hydrogens (tertiary/aromatic N) is 2. The summed E-state index contributed by atoms with van der Waals surface area (Å²) in [5, 5.41) is 0. The van der Waals surface area contributed by atoms with Gasteiger partial charge in [-0.2, -0.15) is 0 Å². The first-order valence-electron chi connectivity index (χ1n) is 11.8. The number of likely N-dealkylation sites (N-methyl/N-ethyl adjacent to an activating group) is 1. The van der Waals surface area contributed by atoms with E-state index in [1.165, 1.54) is 11.1 Å². The van der Waals surface area contributed by atoms with E-state index in [0.29, 0.717) is 0 Å². The first-order chi connectivity index (χ1) is 16.0. The second kappa shape index (κ2) is 9.76. The summed E-state index contributed by atoms with van der Waals surface area (Å²) in [4.78, 5) is 17.7. The van der Waals surface area contributed by atoms with Crippen LogP contribution in [0.25, 0.3) is 6.08 Å². The summed E-state index contributed by atoms with van der Waals surface area (Å²) in [5.74, 6) is 0.0415. The fraction of sp³-hybridized carbons (Fsp3) is 0.300. The van der Waals surface area contributed by atoms with Crippen LogP contribution in [-0.4, -0.2) is 36.9 Å². The molecule has 3 aromatic rings. The van der Waals surface area contributed by atoms with Gasteiger partial charge in [0.1, 0.15) is 0 Å². The predicted octanol–water partition coefficient (Wildman–Crippen LogP) is 6.08. The summed E-state index contributed by atoms with van der Waals surface area (Å²) in [6.45, 7) is 0. The highest BCUT2D eigenvalue weighted by atomic mass is 16.2. The number of hydrogen-bond acceptors (Lipinski definition) is 2. The normalized spacial score (nSPS) is 23.0. The van der Waals surface area contributed by atoms with Gasteiger partial charge in [-0.25, -0.2) is 0 Å². The number of amides is 1. The SMILES string of the molecule is CN(C)C1(c2ccccc2)CCC(c2ccccc2)(N(C)C(=O)C=Cc2ccccc2)CC1. The van der Waals surface area contributed by atoms with Crippen molar-refractivity contribution in [3.8, 4) is 0 Å². The molecule has 33 heavy (non-hydrogen) atoms. The molecule has 0 aliphatic heterocycles. The maximum absolute atomic E-state index is 13.4. The number of rotatable bonds is 6. The zero-order valence-electron chi connectivity index (χ0n) is 19.9. The van der Waals surface area contributed by atoms with E-state index >= 15 is 0 Å². The van der Waals surface area contributed by atoms with Gasteiger partial charge in [-0.3, -0.25) is 9.69 Å². The Hall–Kier alpha value is -3.17. The van der Waals surface area contributed by atoms with Crippen LogP contribution in [0.3, 0.4) is 0 Å². The minimum atomic E-state index is -0.326. The molecule has 1 amide bonds. The zero-order chi connectivity index (χ0) is 23.3. The van der Waals surface area contributed by atoms with E-state index in [2.05, 4.69) is 73.6 Å². The molecular formula is C30H34N2O. The number of hydrogen-bond donors (Lipinski definition) is 0. The molecule has 170 valence electrons. The quantitative estimate of drug-likeness (QED) is 0.435. The highest BCUT2D eigenvalue weighted by Gasteiger charge is 2.48. The summed E-state index contributed by atoms with van der Waals surface area (Å²) >= 11 is 0. The third-order valence-corrected chi connectivity index (χ3v) is 7.57. The lowest BCUT2D eigenvalue weighted by molar-refractivity contribution is -0.133. The Morgan fingerprint density at radius 3 is 1.58 bits per heavy atom.